The highest BCUT2D eigenvalue weighted by Gasteiger charge is 2.24. The van der Waals surface area contributed by atoms with E-state index >= 15 is 0 Å². The highest BCUT2D eigenvalue weighted by atomic mass is 32.2. The highest BCUT2D eigenvalue weighted by Crippen LogP contribution is 2.35. The number of benzene rings is 2. The number of thioether (sulfide) groups is 1. The summed E-state index contributed by atoms with van der Waals surface area (Å²) in [6.07, 6.45) is 6.31. The number of hydrogen-bond acceptors (Lipinski definition) is 6. The molecule has 4 aromatic rings. The molecule has 0 radical (unpaired) electrons. The number of fused-ring (bicyclic) bond motifs is 2. The van der Waals surface area contributed by atoms with E-state index in [4.69, 9.17) is 13.6 Å². The second-order valence-electron chi connectivity index (χ2n) is 9.03. The van der Waals surface area contributed by atoms with E-state index < -0.39 is 11.6 Å². The first-order valence-corrected chi connectivity index (χ1v) is 12.9. The molecule has 0 unspecified atom stereocenters. The maximum Gasteiger partial charge on any atom is 0.374 e. The summed E-state index contributed by atoms with van der Waals surface area (Å²) in [5.74, 6) is 0.451. The third-order valence-electron chi connectivity index (χ3n) is 6.78. The molecule has 2 aromatic heterocycles. The quantitative estimate of drug-likeness (QED) is 0.219. The van der Waals surface area contributed by atoms with Gasteiger partial charge in [-0.05, 0) is 43.9 Å². The minimum atomic E-state index is -0.513. The average Bonchev–Trinajstić information content (AvgIpc) is 3.23. The molecular weight excluding hydrogens is 448 g/mol. The number of carbonyl (C=O) groups is 1. The Kier molecular flexibility index (Phi) is 6.50. The monoisotopic (exact) mass is 476 g/mol. The van der Waals surface area contributed by atoms with Crippen LogP contribution in [0.1, 0.15) is 64.9 Å². The summed E-state index contributed by atoms with van der Waals surface area (Å²) in [4.78, 5) is 25.3. The van der Waals surface area contributed by atoms with E-state index in [1.165, 1.54) is 38.2 Å². The van der Waals surface area contributed by atoms with Gasteiger partial charge in [-0.15, -0.1) is 0 Å². The van der Waals surface area contributed by atoms with Crippen molar-refractivity contribution >= 4 is 39.7 Å². The van der Waals surface area contributed by atoms with Crippen LogP contribution in [0.15, 0.2) is 56.1 Å². The smallest absolute Gasteiger partial charge is 0.374 e. The van der Waals surface area contributed by atoms with Gasteiger partial charge in [0.15, 0.2) is 0 Å². The number of ether oxygens (including phenoxy) is 1. The highest BCUT2D eigenvalue weighted by molar-refractivity contribution is 7.99. The zero-order valence-electron chi connectivity index (χ0n) is 19.5. The van der Waals surface area contributed by atoms with Crippen LogP contribution in [0.5, 0.6) is 0 Å². The Balaban J connectivity index is 1.41. The van der Waals surface area contributed by atoms with Crippen LogP contribution in [0.4, 0.5) is 0 Å². The molecule has 0 amide bonds. The molecule has 1 aliphatic carbocycles. The van der Waals surface area contributed by atoms with Crippen molar-refractivity contribution in [1.29, 1.82) is 0 Å². The molecule has 0 N–H and O–H groups in total. The summed E-state index contributed by atoms with van der Waals surface area (Å²) >= 11 is 1.90. The molecule has 2 aromatic carbocycles. The van der Waals surface area contributed by atoms with Crippen LogP contribution in [-0.4, -0.2) is 11.2 Å². The van der Waals surface area contributed by atoms with Crippen molar-refractivity contribution in [3.8, 4) is 0 Å². The van der Waals surface area contributed by atoms with E-state index in [0.29, 0.717) is 27.7 Å². The summed E-state index contributed by atoms with van der Waals surface area (Å²) in [5.41, 5.74) is 4.21. The summed E-state index contributed by atoms with van der Waals surface area (Å²) in [5, 5.41) is 2.34. The third kappa shape index (κ3) is 4.51. The first-order valence-electron chi connectivity index (χ1n) is 11.8. The topological polar surface area (TPSA) is 69.7 Å². The number of hydrogen-bond donors (Lipinski definition) is 0. The molecule has 0 saturated heterocycles. The second kappa shape index (κ2) is 9.71. The normalized spacial score (nSPS) is 14.6. The Labute approximate surface area is 202 Å². The Morgan fingerprint density at radius 2 is 1.82 bits per heavy atom. The molecule has 34 heavy (non-hydrogen) atoms. The van der Waals surface area contributed by atoms with Crippen LogP contribution in [0.25, 0.3) is 21.9 Å². The lowest BCUT2D eigenvalue weighted by Gasteiger charge is -2.20. The fourth-order valence-corrected chi connectivity index (χ4v) is 6.05. The van der Waals surface area contributed by atoms with Gasteiger partial charge in [0.2, 0.25) is 5.76 Å². The predicted octanol–water partition coefficient (Wildman–Crippen LogP) is 7.08. The van der Waals surface area contributed by atoms with E-state index in [1.807, 2.05) is 62.0 Å². The lowest BCUT2D eigenvalue weighted by molar-refractivity contribution is 0.0438. The molecule has 5 nitrogen and oxygen atoms in total. The van der Waals surface area contributed by atoms with Crippen molar-refractivity contribution < 1.29 is 18.4 Å². The first-order chi connectivity index (χ1) is 16.5. The largest absolute Gasteiger partial charge is 0.455 e. The maximum atomic E-state index is 13.2. The van der Waals surface area contributed by atoms with E-state index in [9.17, 15) is 9.59 Å². The molecule has 0 bridgehead atoms. The van der Waals surface area contributed by atoms with Gasteiger partial charge in [0.25, 0.3) is 0 Å². The van der Waals surface area contributed by atoms with Gasteiger partial charge in [-0.3, -0.25) is 0 Å². The van der Waals surface area contributed by atoms with Crippen molar-refractivity contribution in [3.63, 3.8) is 0 Å². The maximum absolute atomic E-state index is 13.2. The first kappa shape index (κ1) is 22.8. The fourth-order valence-electron chi connectivity index (χ4n) is 4.69. The van der Waals surface area contributed by atoms with Gasteiger partial charge >= 0.3 is 11.6 Å². The van der Waals surface area contributed by atoms with Crippen molar-refractivity contribution in [3.05, 3.63) is 80.9 Å². The molecule has 6 heteroatoms. The van der Waals surface area contributed by atoms with Crippen molar-refractivity contribution in [2.45, 2.75) is 63.6 Å². The van der Waals surface area contributed by atoms with Crippen LogP contribution < -0.4 is 5.63 Å². The Morgan fingerprint density at radius 3 is 2.65 bits per heavy atom. The van der Waals surface area contributed by atoms with Crippen molar-refractivity contribution in [2.75, 3.05) is 0 Å². The Morgan fingerprint density at radius 1 is 1.03 bits per heavy atom. The lowest BCUT2D eigenvalue weighted by Crippen LogP contribution is -2.11. The average molecular weight is 477 g/mol. The molecule has 176 valence electrons. The number of rotatable bonds is 6. The van der Waals surface area contributed by atoms with E-state index in [2.05, 4.69) is 0 Å². The molecule has 5 rings (SSSR count). The van der Waals surface area contributed by atoms with Gasteiger partial charge in [0, 0.05) is 39.0 Å². The molecule has 0 aliphatic heterocycles. The molecule has 1 aliphatic rings. The molecule has 2 heterocycles. The van der Waals surface area contributed by atoms with Crippen molar-refractivity contribution in [2.24, 2.45) is 0 Å². The van der Waals surface area contributed by atoms with Gasteiger partial charge < -0.3 is 13.6 Å². The number of aryl methyl sites for hydroxylation is 2. The lowest BCUT2D eigenvalue weighted by atomic mass is 10.0. The number of carbonyl (C=O) groups excluding carboxylic acids is 1. The Bertz CT molecular complexity index is 1410. The summed E-state index contributed by atoms with van der Waals surface area (Å²) in [6, 6.07) is 13.0. The molecule has 0 atom stereocenters. The molecule has 0 spiro atoms. The van der Waals surface area contributed by atoms with Gasteiger partial charge in [0.1, 0.15) is 17.8 Å². The number of esters is 1. The summed E-state index contributed by atoms with van der Waals surface area (Å²) in [6.45, 7) is 3.85. The summed E-state index contributed by atoms with van der Waals surface area (Å²) in [7, 11) is 0. The SMILES string of the molecule is Cc1ccc2c(COC(=O)c3oc4ccccc4c3CSC3CCCCC3)cc(=O)oc2c1C. The van der Waals surface area contributed by atoms with Gasteiger partial charge in [-0.1, -0.05) is 49.6 Å². The molecular formula is C28H28O5S. The standard InChI is InChI=1S/C28H28O5S/c1-17-12-13-21-19(14-25(29)33-26(21)18(17)2)15-31-28(30)27-23(16-34-20-8-4-3-5-9-20)22-10-6-7-11-24(22)32-27/h6-7,10-14,20H,3-5,8-9,15-16H2,1-2H3. The van der Waals surface area contributed by atoms with Crippen LogP contribution in [0.3, 0.4) is 0 Å². The van der Waals surface area contributed by atoms with Gasteiger partial charge in [0.05, 0.1) is 0 Å². The molecule has 1 saturated carbocycles. The summed E-state index contributed by atoms with van der Waals surface area (Å²) < 4.78 is 17.1. The fraction of sp³-hybridized carbons (Fsp3) is 0.357. The van der Waals surface area contributed by atoms with Crippen LogP contribution in [-0.2, 0) is 17.1 Å². The predicted molar refractivity (Wildman–Crippen MR) is 135 cm³/mol. The van der Waals surface area contributed by atoms with E-state index in [-0.39, 0.29) is 12.4 Å². The zero-order valence-corrected chi connectivity index (χ0v) is 20.3. The Hall–Kier alpha value is -2.99. The van der Waals surface area contributed by atoms with Gasteiger partial charge in [-0.2, -0.15) is 11.8 Å². The molecule has 1 fully saturated rings. The van der Waals surface area contributed by atoms with Crippen molar-refractivity contribution in [1.82, 2.24) is 0 Å². The third-order valence-corrected chi connectivity index (χ3v) is 8.17. The van der Waals surface area contributed by atoms with Crippen LogP contribution in [0, 0.1) is 13.8 Å². The van der Waals surface area contributed by atoms with E-state index in [1.54, 1.807) is 0 Å². The van der Waals surface area contributed by atoms with E-state index in [0.717, 1.165) is 27.5 Å². The second-order valence-corrected chi connectivity index (χ2v) is 10.3. The number of para-hydroxylation sites is 1. The zero-order chi connectivity index (χ0) is 23.7. The minimum Gasteiger partial charge on any atom is -0.455 e. The minimum absolute atomic E-state index is 0.0321. The van der Waals surface area contributed by atoms with Crippen LogP contribution >= 0.6 is 11.8 Å². The van der Waals surface area contributed by atoms with Crippen LogP contribution in [0.2, 0.25) is 0 Å². The van der Waals surface area contributed by atoms with Gasteiger partial charge in [-0.25, -0.2) is 9.59 Å². The number of furan rings is 1.